The van der Waals surface area contributed by atoms with Crippen LogP contribution in [0.1, 0.15) is 38.2 Å². The van der Waals surface area contributed by atoms with Gasteiger partial charge in [0.15, 0.2) is 0 Å². The summed E-state index contributed by atoms with van der Waals surface area (Å²) in [6.45, 7) is 3.33. The molecule has 2 rings (SSSR count). The van der Waals surface area contributed by atoms with E-state index >= 15 is 0 Å². The Morgan fingerprint density at radius 2 is 2.21 bits per heavy atom. The number of benzene rings is 1. The number of hydrogen-bond acceptors (Lipinski definition) is 2. The van der Waals surface area contributed by atoms with Gasteiger partial charge in [0.2, 0.25) is 0 Å². The lowest BCUT2D eigenvalue weighted by Gasteiger charge is -2.19. The van der Waals surface area contributed by atoms with Crippen LogP contribution in [0.4, 0.5) is 0 Å². The minimum Gasteiger partial charge on any atom is -0.497 e. The second kappa shape index (κ2) is 7.30. The van der Waals surface area contributed by atoms with Crippen LogP contribution in [0.25, 0.3) is 0 Å². The number of ether oxygens (including phenoxy) is 1. The fraction of sp³-hybridized carbons (Fsp3) is 0.625. The van der Waals surface area contributed by atoms with Crippen LogP contribution in [0, 0.1) is 5.92 Å². The molecule has 0 spiro atoms. The summed E-state index contributed by atoms with van der Waals surface area (Å²) < 4.78 is 6.51. The Labute approximate surface area is 125 Å². The Hall–Kier alpha value is -0.540. The zero-order valence-electron chi connectivity index (χ0n) is 11.9. The van der Waals surface area contributed by atoms with Gasteiger partial charge in [-0.2, -0.15) is 0 Å². The molecule has 1 N–H and O–H groups in total. The first kappa shape index (κ1) is 14.9. The maximum absolute atomic E-state index is 5.32. The van der Waals surface area contributed by atoms with Gasteiger partial charge < -0.3 is 10.1 Å². The van der Waals surface area contributed by atoms with E-state index in [1.165, 1.54) is 35.7 Å². The number of halogens is 1. The van der Waals surface area contributed by atoms with Gasteiger partial charge in [-0.25, -0.2) is 0 Å². The highest BCUT2D eigenvalue weighted by Gasteiger charge is 2.25. The van der Waals surface area contributed by atoms with E-state index in [4.69, 9.17) is 4.74 Å². The van der Waals surface area contributed by atoms with Crippen LogP contribution in [-0.2, 0) is 6.42 Å². The first-order chi connectivity index (χ1) is 9.22. The van der Waals surface area contributed by atoms with Gasteiger partial charge in [0, 0.05) is 10.5 Å². The quantitative estimate of drug-likeness (QED) is 0.774. The molecule has 1 saturated carbocycles. The Morgan fingerprint density at radius 1 is 1.42 bits per heavy atom. The predicted molar refractivity (Wildman–Crippen MR) is 83.8 cm³/mol. The predicted octanol–water partition coefficient (Wildman–Crippen LogP) is 4.17. The van der Waals surface area contributed by atoms with Crippen molar-refractivity contribution in [2.75, 3.05) is 13.7 Å². The third kappa shape index (κ3) is 4.81. The highest BCUT2D eigenvalue weighted by Crippen LogP contribution is 2.34. The Balaban J connectivity index is 2.01. The topological polar surface area (TPSA) is 21.3 Å². The molecule has 1 aromatic rings. The number of rotatable bonds is 8. The minimum atomic E-state index is 0.593. The first-order valence-corrected chi connectivity index (χ1v) is 8.08. The van der Waals surface area contributed by atoms with E-state index in [-0.39, 0.29) is 0 Å². The normalized spacial score (nSPS) is 16.4. The zero-order valence-corrected chi connectivity index (χ0v) is 13.5. The molecular formula is C16H24BrNO. The molecule has 0 bridgehead atoms. The van der Waals surface area contributed by atoms with Crippen LogP contribution in [0.5, 0.6) is 5.75 Å². The molecular weight excluding hydrogens is 302 g/mol. The average molecular weight is 326 g/mol. The molecule has 1 aliphatic carbocycles. The second-order valence-electron chi connectivity index (χ2n) is 5.49. The van der Waals surface area contributed by atoms with Crippen LogP contribution >= 0.6 is 15.9 Å². The van der Waals surface area contributed by atoms with Gasteiger partial charge in [-0.1, -0.05) is 35.7 Å². The fourth-order valence-corrected chi connectivity index (χ4v) is 2.85. The Bertz CT molecular complexity index is 404. The molecule has 0 aliphatic heterocycles. The summed E-state index contributed by atoms with van der Waals surface area (Å²) in [4.78, 5) is 0. The molecule has 0 heterocycles. The third-order valence-corrected chi connectivity index (χ3v) is 4.49. The van der Waals surface area contributed by atoms with Crippen molar-refractivity contribution in [1.29, 1.82) is 0 Å². The second-order valence-corrected chi connectivity index (χ2v) is 6.35. The van der Waals surface area contributed by atoms with Crippen molar-refractivity contribution in [3.05, 3.63) is 28.2 Å². The van der Waals surface area contributed by atoms with E-state index in [9.17, 15) is 0 Å². The Kier molecular flexibility index (Phi) is 5.71. The van der Waals surface area contributed by atoms with Crippen molar-refractivity contribution in [3.63, 3.8) is 0 Å². The summed E-state index contributed by atoms with van der Waals surface area (Å²) in [5.41, 5.74) is 1.34. The minimum absolute atomic E-state index is 0.593. The van der Waals surface area contributed by atoms with Crippen molar-refractivity contribution in [2.24, 2.45) is 5.92 Å². The molecule has 0 radical (unpaired) electrons. The molecule has 19 heavy (non-hydrogen) atoms. The SMILES string of the molecule is CCCNC(Cc1cc(OC)ccc1Br)CC1CC1. The zero-order chi connectivity index (χ0) is 13.7. The number of nitrogens with one attached hydrogen (secondary N) is 1. The fourth-order valence-electron chi connectivity index (χ4n) is 2.44. The molecule has 1 fully saturated rings. The van der Waals surface area contributed by atoms with Crippen molar-refractivity contribution in [3.8, 4) is 5.75 Å². The van der Waals surface area contributed by atoms with Crippen molar-refractivity contribution in [1.82, 2.24) is 5.32 Å². The Morgan fingerprint density at radius 3 is 2.84 bits per heavy atom. The van der Waals surface area contributed by atoms with Crippen LogP contribution in [0.3, 0.4) is 0 Å². The van der Waals surface area contributed by atoms with E-state index in [0.717, 1.165) is 24.6 Å². The van der Waals surface area contributed by atoms with Gasteiger partial charge in [0.25, 0.3) is 0 Å². The highest BCUT2D eigenvalue weighted by molar-refractivity contribution is 9.10. The van der Waals surface area contributed by atoms with Crippen molar-refractivity contribution in [2.45, 2.75) is 45.1 Å². The van der Waals surface area contributed by atoms with E-state index in [0.29, 0.717) is 6.04 Å². The molecule has 106 valence electrons. The molecule has 3 heteroatoms. The van der Waals surface area contributed by atoms with Crippen LogP contribution in [0.2, 0.25) is 0 Å². The molecule has 1 aromatic carbocycles. The lowest BCUT2D eigenvalue weighted by molar-refractivity contribution is 0.412. The van der Waals surface area contributed by atoms with Gasteiger partial charge in [-0.3, -0.25) is 0 Å². The smallest absolute Gasteiger partial charge is 0.119 e. The van der Waals surface area contributed by atoms with E-state index in [1.807, 2.05) is 6.07 Å². The first-order valence-electron chi connectivity index (χ1n) is 7.28. The standard InChI is InChI=1S/C16H24BrNO/c1-3-8-18-14(9-12-4-5-12)10-13-11-15(19-2)6-7-16(13)17/h6-7,11-12,14,18H,3-5,8-10H2,1-2H3. The van der Waals surface area contributed by atoms with Crippen LogP contribution in [-0.4, -0.2) is 19.7 Å². The molecule has 1 aliphatic rings. The lowest BCUT2D eigenvalue weighted by atomic mass is 10.0. The van der Waals surface area contributed by atoms with Crippen LogP contribution in [0.15, 0.2) is 22.7 Å². The summed E-state index contributed by atoms with van der Waals surface area (Å²) in [7, 11) is 1.73. The summed E-state index contributed by atoms with van der Waals surface area (Å²) in [6, 6.07) is 6.83. The molecule has 0 amide bonds. The van der Waals surface area contributed by atoms with Gasteiger partial charge in [-0.05, 0) is 55.5 Å². The highest BCUT2D eigenvalue weighted by atomic mass is 79.9. The van der Waals surface area contributed by atoms with Gasteiger partial charge in [0.1, 0.15) is 5.75 Å². The van der Waals surface area contributed by atoms with Gasteiger partial charge in [-0.15, -0.1) is 0 Å². The van der Waals surface area contributed by atoms with Crippen LogP contribution < -0.4 is 10.1 Å². The maximum Gasteiger partial charge on any atom is 0.119 e. The molecule has 1 atom stereocenters. The maximum atomic E-state index is 5.32. The summed E-state index contributed by atoms with van der Waals surface area (Å²) in [6.07, 6.45) is 6.42. The average Bonchev–Trinajstić information content (AvgIpc) is 3.22. The summed E-state index contributed by atoms with van der Waals surface area (Å²) in [5, 5.41) is 3.69. The number of hydrogen-bond donors (Lipinski definition) is 1. The largest absolute Gasteiger partial charge is 0.497 e. The molecule has 2 nitrogen and oxygen atoms in total. The van der Waals surface area contributed by atoms with Crippen molar-refractivity contribution < 1.29 is 4.74 Å². The lowest BCUT2D eigenvalue weighted by Crippen LogP contribution is -2.32. The van der Waals surface area contributed by atoms with E-state index < -0.39 is 0 Å². The summed E-state index contributed by atoms with van der Waals surface area (Å²) >= 11 is 3.65. The monoisotopic (exact) mass is 325 g/mol. The van der Waals surface area contributed by atoms with Crippen molar-refractivity contribution >= 4 is 15.9 Å². The van der Waals surface area contributed by atoms with Gasteiger partial charge >= 0.3 is 0 Å². The molecule has 1 unspecified atom stereocenters. The van der Waals surface area contributed by atoms with E-state index in [1.54, 1.807) is 7.11 Å². The molecule has 0 saturated heterocycles. The summed E-state index contributed by atoms with van der Waals surface area (Å²) in [5.74, 6) is 1.90. The third-order valence-electron chi connectivity index (χ3n) is 3.72. The molecule has 0 aromatic heterocycles. The van der Waals surface area contributed by atoms with Gasteiger partial charge in [0.05, 0.1) is 7.11 Å². The van der Waals surface area contributed by atoms with E-state index in [2.05, 4.69) is 40.3 Å². The number of methoxy groups -OCH3 is 1.